The maximum absolute atomic E-state index is 6.20. The minimum absolute atomic E-state index is 0.131. The van der Waals surface area contributed by atoms with Crippen molar-refractivity contribution in [2.45, 2.75) is 19.5 Å². The summed E-state index contributed by atoms with van der Waals surface area (Å²) in [4.78, 5) is 0. The van der Waals surface area contributed by atoms with Crippen molar-refractivity contribution in [2.24, 2.45) is 0 Å². The first-order chi connectivity index (χ1) is 10.0. The van der Waals surface area contributed by atoms with Crippen LogP contribution in [-0.4, -0.2) is 7.11 Å². The molecule has 0 aliphatic rings. The van der Waals surface area contributed by atoms with E-state index in [0.29, 0.717) is 21.6 Å². The van der Waals surface area contributed by atoms with Gasteiger partial charge < -0.3 is 10.1 Å². The molecule has 2 rings (SSSR count). The van der Waals surface area contributed by atoms with Gasteiger partial charge in [-0.15, -0.1) is 0 Å². The van der Waals surface area contributed by atoms with E-state index >= 15 is 0 Å². The lowest BCUT2D eigenvalue weighted by molar-refractivity contribution is 0.413. The summed E-state index contributed by atoms with van der Waals surface area (Å²) in [5.74, 6) is 0.833. The summed E-state index contributed by atoms with van der Waals surface area (Å²) in [7, 11) is 1.66. The molecule has 0 aromatic heterocycles. The van der Waals surface area contributed by atoms with Crippen LogP contribution in [0.25, 0.3) is 0 Å². The van der Waals surface area contributed by atoms with Crippen molar-refractivity contribution in [3.63, 3.8) is 0 Å². The zero-order valence-corrected chi connectivity index (χ0v) is 14.1. The Balaban J connectivity index is 2.11. The Hall–Kier alpha value is -0.930. The van der Waals surface area contributed by atoms with Crippen LogP contribution in [0.1, 0.15) is 24.1 Å². The number of ether oxygens (including phenoxy) is 1. The highest BCUT2D eigenvalue weighted by atomic mass is 35.5. The molecule has 2 aromatic carbocycles. The van der Waals surface area contributed by atoms with Crippen LogP contribution in [0.5, 0.6) is 5.75 Å². The molecule has 21 heavy (non-hydrogen) atoms. The number of benzene rings is 2. The zero-order chi connectivity index (χ0) is 15.4. The second-order valence-electron chi connectivity index (χ2n) is 4.70. The van der Waals surface area contributed by atoms with Gasteiger partial charge in [-0.25, -0.2) is 0 Å². The molecular weight excluding hydrogens is 329 g/mol. The predicted molar refractivity (Wildman–Crippen MR) is 89.7 cm³/mol. The Morgan fingerprint density at radius 1 is 1.10 bits per heavy atom. The Kier molecular flexibility index (Phi) is 5.77. The topological polar surface area (TPSA) is 21.3 Å². The van der Waals surface area contributed by atoms with Gasteiger partial charge in [-0.1, -0.05) is 46.9 Å². The minimum atomic E-state index is 0.131. The van der Waals surface area contributed by atoms with E-state index in [4.69, 9.17) is 39.5 Å². The Morgan fingerprint density at radius 3 is 2.52 bits per heavy atom. The van der Waals surface area contributed by atoms with Crippen molar-refractivity contribution in [1.82, 2.24) is 5.32 Å². The third-order valence-electron chi connectivity index (χ3n) is 3.32. The Labute approximate surface area is 140 Å². The smallest absolute Gasteiger partial charge is 0.119 e. The number of hydrogen-bond acceptors (Lipinski definition) is 2. The van der Waals surface area contributed by atoms with E-state index in [1.54, 1.807) is 19.2 Å². The van der Waals surface area contributed by atoms with Crippen LogP contribution in [0.4, 0.5) is 0 Å². The minimum Gasteiger partial charge on any atom is -0.497 e. The second kappa shape index (κ2) is 7.37. The number of hydrogen-bond donors (Lipinski definition) is 1. The van der Waals surface area contributed by atoms with Gasteiger partial charge in [-0.05, 0) is 36.8 Å². The van der Waals surface area contributed by atoms with E-state index < -0.39 is 0 Å². The zero-order valence-electron chi connectivity index (χ0n) is 11.8. The maximum Gasteiger partial charge on any atom is 0.119 e. The first-order valence-electron chi connectivity index (χ1n) is 6.52. The molecule has 5 heteroatoms. The molecule has 0 heterocycles. The average molecular weight is 345 g/mol. The molecule has 1 unspecified atom stereocenters. The van der Waals surface area contributed by atoms with Gasteiger partial charge in [-0.2, -0.15) is 0 Å². The molecule has 0 bridgehead atoms. The molecule has 0 saturated heterocycles. The number of halogens is 3. The van der Waals surface area contributed by atoms with Crippen molar-refractivity contribution >= 4 is 34.8 Å². The lowest BCUT2D eigenvalue weighted by Crippen LogP contribution is -2.18. The van der Waals surface area contributed by atoms with Gasteiger partial charge in [-0.3, -0.25) is 0 Å². The normalized spacial score (nSPS) is 12.2. The van der Waals surface area contributed by atoms with E-state index in [1.165, 1.54) is 0 Å². The fraction of sp³-hybridized carbons (Fsp3) is 0.250. The van der Waals surface area contributed by atoms with Gasteiger partial charge in [0.25, 0.3) is 0 Å². The molecule has 0 spiro atoms. The van der Waals surface area contributed by atoms with Crippen molar-refractivity contribution in [3.05, 3.63) is 62.6 Å². The number of nitrogens with one attached hydrogen (secondary N) is 1. The van der Waals surface area contributed by atoms with Gasteiger partial charge in [0, 0.05) is 23.2 Å². The molecule has 0 amide bonds. The third kappa shape index (κ3) is 4.04. The summed E-state index contributed by atoms with van der Waals surface area (Å²) >= 11 is 18.4. The fourth-order valence-electron chi connectivity index (χ4n) is 2.01. The van der Waals surface area contributed by atoms with Crippen LogP contribution in [-0.2, 0) is 6.54 Å². The molecule has 1 atom stereocenters. The fourth-order valence-corrected chi connectivity index (χ4v) is 2.70. The van der Waals surface area contributed by atoms with Crippen molar-refractivity contribution in [1.29, 1.82) is 0 Å². The van der Waals surface area contributed by atoms with Crippen LogP contribution < -0.4 is 10.1 Å². The van der Waals surface area contributed by atoms with Gasteiger partial charge in [0.2, 0.25) is 0 Å². The van der Waals surface area contributed by atoms with Crippen LogP contribution in [0.2, 0.25) is 15.1 Å². The van der Waals surface area contributed by atoms with E-state index in [-0.39, 0.29) is 6.04 Å². The van der Waals surface area contributed by atoms with E-state index in [0.717, 1.165) is 16.9 Å². The standard InChI is InChI=1S/C16H16Cl3NO/c1-10(11-4-3-5-12(8-11)21-2)20-9-13-14(17)6-7-15(18)16(13)19/h3-8,10,20H,9H2,1-2H3. The largest absolute Gasteiger partial charge is 0.497 e. The molecule has 0 aliphatic heterocycles. The van der Waals surface area contributed by atoms with E-state index in [1.807, 2.05) is 24.3 Å². The second-order valence-corrected chi connectivity index (χ2v) is 5.89. The summed E-state index contributed by atoms with van der Waals surface area (Å²) in [6, 6.07) is 11.5. The van der Waals surface area contributed by atoms with Gasteiger partial charge in [0.1, 0.15) is 5.75 Å². The quantitative estimate of drug-likeness (QED) is 0.722. The van der Waals surface area contributed by atoms with Gasteiger partial charge in [0.15, 0.2) is 0 Å². The van der Waals surface area contributed by atoms with Crippen LogP contribution in [0.3, 0.4) is 0 Å². The van der Waals surface area contributed by atoms with E-state index in [2.05, 4.69) is 12.2 Å². The molecule has 0 saturated carbocycles. The summed E-state index contributed by atoms with van der Waals surface area (Å²) in [6.45, 7) is 2.61. The molecule has 2 aromatic rings. The highest BCUT2D eigenvalue weighted by Crippen LogP contribution is 2.31. The van der Waals surface area contributed by atoms with Crippen molar-refractivity contribution in [3.8, 4) is 5.75 Å². The monoisotopic (exact) mass is 343 g/mol. The highest BCUT2D eigenvalue weighted by Gasteiger charge is 2.12. The first kappa shape index (κ1) is 16.4. The summed E-state index contributed by atoms with van der Waals surface area (Å²) in [6.07, 6.45) is 0. The average Bonchev–Trinajstić information content (AvgIpc) is 2.51. The van der Waals surface area contributed by atoms with Gasteiger partial charge >= 0.3 is 0 Å². The molecule has 2 nitrogen and oxygen atoms in total. The molecule has 112 valence electrons. The Bertz CT molecular complexity index is 631. The van der Waals surface area contributed by atoms with Crippen LogP contribution >= 0.6 is 34.8 Å². The summed E-state index contributed by atoms with van der Waals surface area (Å²) in [5, 5.41) is 5.00. The summed E-state index contributed by atoms with van der Waals surface area (Å²) in [5.41, 5.74) is 1.93. The van der Waals surface area contributed by atoms with Crippen molar-refractivity contribution in [2.75, 3.05) is 7.11 Å². The lowest BCUT2D eigenvalue weighted by Gasteiger charge is -2.17. The number of methoxy groups -OCH3 is 1. The molecule has 0 aliphatic carbocycles. The van der Waals surface area contributed by atoms with Crippen LogP contribution in [0, 0.1) is 0 Å². The van der Waals surface area contributed by atoms with Crippen LogP contribution in [0.15, 0.2) is 36.4 Å². The molecular formula is C16H16Cl3NO. The van der Waals surface area contributed by atoms with Crippen molar-refractivity contribution < 1.29 is 4.74 Å². The number of rotatable bonds is 5. The molecule has 1 N–H and O–H groups in total. The maximum atomic E-state index is 6.20. The lowest BCUT2D eigenvalue weighted by atomic mass is 10.1. The molecule has 0 fully saturated rings. The first-order valence-corrected chi connectivity index (χ1v) is 7.66. The third-order valence-corrected chi connectivity index (χ3v) is 4.52. The SMILES string of the molecule is COc1cccc(C(C)NCc2c(Cl)ccc(Cl)c2Cl)c1. The van der Waals surface area contributed by atoms with Gasteiger partial charge in [0.05, 0.1) is 17.2 Å². The highest BCUT2D eigenvalue weighted by molar-refractivity contribution is 6.44. The predicted octanol–water partition coefficient (Wildman–Crippen LogP) is 5.51. The Morgan fingerprint density at radius 2 is 1.81 bits per heavy atom. The summed E-state index contributed by atoms with van der Waals surface area (Å²) < 4.78 is 5.23. The van der Waals surface area contributed by atoms with E-state index in [9.17, 15) is 0 Å². The molecule has 0 radical (unpaired) electrons.